The lowest BCUT2D eigenvalue weighted by Gasteiger charge is -2.23. The van der Waals surface area contributed by atoms with Gasteiger partial charge >= 0.3 is 0 Å². The summed E-state index contributed by atoms with van der Waals surface area (Å²) in [4.78, 5) is 12.3. The summed E-state index contributed by atoms with van der Waals surface area (Å²) < 4.78 is 5.38. The zero-order chi connectivity index (χ0) is 13.7. The first-order valence-corrected chi connectivity index (χ1v) is 5.87. The summed E-state index contributed by atoms with van der Waals surface area (Å²) in [7, 11) is 0. The third kappa shape index (κ3) is 1.68. The minimum absolute atomic E-state index is 0.00116. The summed E-state index contributed by atoms with van der Waals surface area (Å²) in [6.45, 7) is 0. The van der Waals surface area contributed by atoms with E-state index in [1.807, 2.05) is 0 Å². The lowest BCUT2D eigenvalue weighted by Crippen LogP contribution is -2.23. The van der Waals surface area contributed by atoms with Crippen molar-refractivity contribution in [1.82, 2.24) is 0 Å². The molecule has 0 bridgehead atoms. The number of hydrogen-bond donors (Lipinski definition) is 4. The van der Waals surface area contributed by atoms with Gasteiger partial charge in [0.2, 0.25) is 5.43 Å². The lowest BCUT2D eigenvalue weighted by atomic mass is 9.91. The van der Waals surface area contributed by atoms with Gasteiger partial charge in [-0.1, -0.05) is 0 Å². The molecule has 1 aromatic heterocycles. The normalized spacial score (nSPS) is 22.4. The molecule has 0 saturated heterocycles. The van der Waals surface area contributed by atoms with Gasteiger partial charge in [-0.2, -0.15) is 0 Å². The van der Waals surface area contributed by atoms with Crippen LogP contribution in [0.4, 0.5) is 0 Å². The highest BCUT2D eigenvalue weighted by molar-refractivity contribution is 5.85. The van der Waals surface area contributed by atoms with Crippen LogP contribution in [0.2, 0.25) is 0 Å². The second-order valence-electron chi connectivity index (χ2n) is 4.66. The van der Waals surface area contributed by atoms with Crippen LogP contribution in [0.3, 0.4) is 0 Å². The van der Waals surface area contributed by atoms with E-state index in [4.69, 9.17) is 4.42 Å². The highest BCUT2D eigenvalue weighted by Crippen LogP contribution is 2.38. The van der Waals surface area contributed by atoms with E-state index in [2.05, 4.69) is 0 Å². The van der Waals surface area contributed by atoms with E-state index in [1.54, 1.807) is 0 Å². The van der Waals surface area contributed by atoms with Crippen LogP contribution in [-0.4, -0.2) is 20.4 Å². The van der Waals surface area contributed by atoms with Gasteiger partial charge in [0, 0.05) is 12.1 Å². The SMILES string of the molecule is O=c1c2c(oc3cc(O)cc(O)c13)C(O)CCC2O. The molecule has 100 valence electrons. The Morgan fingerprint density at radius 1 is 1.11 bits per heavy atom. The van der Waals surface area contributed by atoms with E-state index in [0.717, 1.165) is 6.07 Å². The molecule has 2 aromatic rings. The van der Waals surface area contributed by atoms with Crippen LogP contribution >= 0.6 is 0 Å². The van der Waals surface area contributed by atoms with Crippen molar-refractivity contribution in [3.63, 3.8) is 0 Å². The molecule has 6 heteroatoms. The van der Waals surface area contributed by atoms with Crippen molar-refractivity contribution in [2.75, 3.05) is 0 Å². The summed E-state index contributed by atoms with van der Waals surface area (Å²) >= 11 is 0. The van der Waals surface area contributed by atoms with Crippen LogP contribution in [0.15, 0.2) is 21.3 Å². The highest BCUT2D eigenvalue weighted by atomic mass is 16.4. The van der Waals surface area contributed by atoms with E-state index in [0.29, 0.717) is 0 Å². The molecule has 6 nitrogen and oxygen atoms in total. The number of aromatic hydroxyl groups is 2. The Bertz CT molecular complexity index is 717. The second-order valence-corrected chi connectivity index (χ2v) is 4.66. The fourth-order valence-electron chi connectivity index (χ4n) is 2.47. The zero-order valence-corrected chi connectivity index (χ0v) is 9.83. The molecule has 19 heavy (non-hydrogen) atoms. The largest absolute Gasteiger partial charge is 0.508 e. The standard InChI is InChI=1S/C13H12O6/c14-5-3-8(17)10-9(4-5)19-13-7(16)2-1-6(15)11(13)12(10)18/h3-4,6-7,14-17H,1-2H2. The topological polar surface area (TPSA) is 111 Å². The van der Waals surface area contributed by atoms with Gasteiger partial charge in [0.1, 0.15) is 34.3 Å². The molecule has 4 N–H and O–H groups in total. The fraction of sp³-hybridized carbons (Fsp3) is 0.308. The quantitative estimate of drug-likeness (QED) is 0.566. The molecule has 1 heterocycles. The van der Waals surface area contributed by atoms with E-state index < -0.39 is 23.4 Å². The first-order valence-electron chi connectivity index (χ1n) is 5.87. The van der Waals surface area contributed by atoms with Crippen LogP contribution < -0.4 is 5.43 Å². The molecule has 0 radical (unpaired) electrons. The van der Waals surface area contributed by atoms with Crippen molar-refractivity contribution in [3.8, 4) is 11.5 Å². The monoisotopic (exact) mass is 264 g/mol. The molecule has 1 aromatic carbocycles. The Balaban J connectivity index is 2.46. The minimum atomic E-state index is -1.02. The van der Waals surface area contributed by atoms with Crippen molar-refractivity contribution in [1.29, 1.82) is 0 Å². The third-order valence-electron chi connectivity index (χ3n) is 3.37. The summed E-state index contributed by atoms with van der Waals surface area (Å²) in [6.07, 6.45) is -1.45. The number of benzene rings is 1. The molecule has 0 saturated carbocycles. The Kier molecular flexibility index (Phi) is 2.51. The Morgan fingerprint density at radius 2 is 1.79 bits per heavy atom. The molecule has 0 spiro atoms. The van der Waals surface area contributed by atoms with Gasteiger partial charge in [0.15, 0.2) is 0 Å². The number of fused-ring (bicyclic) bond motifs is 2. The maximum Gasteiger partial charge on any atom is 0.202 e. The number of hydrogen-bond acceptors (Lipinski definition) is 6. The molecule has 3 rings (SSSR count). The van der Waals surface area contributed by atoms with Crippen molar-refractivity contribution in [2.45, 2.75) is 25.0 Å². The van der Waals surface area contributed by atoms with Crippen molar-refractivity contribution in [2.24, 2.45) is 0 Å². The molecular formula is C13H12O6. The first kappa shape index (κ1) is 12.0. The molecule has 1 aliphatic carbocycles. The Morgan fingerprint density at radius 3 is 2.53 bits per heavy atom. The van der Waals surface area contributed by atoms with Gasteiger partial charge in [-0.25, -0.2) is 0 Å². The first-order chi connectivity index (χ1) is 8.99. The summed E-state index contributed by atoms with van der Waals surface area (Å²) in [6, 6.07) is 2.21. The van der Waals surface area contributed by atoms with Crippen LogP contribution in [-0.2, 0) is 0 Å². The molecule has 0 aliphatic heterocycles. The van der Waals surface area contributed by atoms with Gasteiger partial charge in [-0.05, 0) is 12.8 Å². The highest BCUT2D eigenvalue weighted by Gasteiger charge is 2.31. The Hall–Kier alpha value is -2.05. The molecule has 0 amide bonds. The van der Waals surface area contributed by atoms with Crippen LogP contribution in [0, 0.1) is 0 Å². The predicted octanol–water partition coefficient (Wildman–Crippen LogP) is 1.06. The molecule has 0 fully saturated rings. The van der Waals surface area contributed by atoms with Crippen LogP contribution in [0.25, 0.3) is 11.0 Å². The van der Waals surface area contributed by atoms with E-state index in [1.165, 1.54) is 6.07 Å². The summed E-state index contributed by atoms with van der Waals surface area (Å²) in [5.74, 6) is -0.668. The zero-order valence-electron chi connectivity index (χ0n) is 9.83. The fourth-order valence-corrected chi connectivity index (χ4v) is 2.47. The number of phenols is 2. The molecule has 2 atom stereocenters. The summed E-state index contributed by atoms with van der Waals surface area (Å²) in [5, 5.41) is 38.7. The average Bonchev–Trinajstić information content (AvgIpc) is 2.32. The van der Waals surface area contributed by atoms with Gasteiger partial charge in [-0.15, -0.1) is 0 Å². The van der Waals surface area contributed by atoms with E-state index in [-0.39, 0.29) is 40.9 Å². The predicted molar refractivity (Wildman–Crippen MR) is 65.0 cm³/mol. The lowest BCUT2D eigenvalue weighted by molar-refractivity contribution is 0.0715. The average molecular weight is 264 g/mol. The maximum atomic E-state index is 12.3. The van der Waals surface area contributed by atoms with Crippen LogP contribution in [0.1, 0.15) is 36.4 Å². The van der Waals surface area contributed by atoms with Crippen LogP contribution in [0.5, 0.6) is 11.5 Å². The molecule has 1 aliphatic rings. The second kappa shape index (κ2) is 3.97. The summed E-state index contributed by atoms with van der Waals surface area (Å²) in [5.41, 5.74) is -0.623. The number of phenolic OH excluding ortho intramolecular Hbond substituents is 2. The minimum Gasteiger partial charge on any atom is -0.508 e. The number of rotatable bonds is 0. The van der Waals surface area contributed by atoms with Gasteiger partial charge < -0.3 is 24.8 Å². The molecule has 2 unspecified atom stereocenters. The smallest absolute Gasteiger partial charge is 0.202 e. The molecular weight excluding hydrogens is 252 g/mol. The van der Waals surface area contributed by atoms with Crippen molar-refractivity contribution < 1.29 is 24.8 Å². The van der Waals surface area contributed by atoms with E-state index in [9.17, 15) is 25.2 Å². The van der Waals surface area contributed by atoms with E-state index >= 15 is 0 Å². The van der Waals surface area contributed by atoms with Gasteiger partial charge in [0.25, 0.3) is 0 Å². The van der Waals surface area contributed by atoms with Crippen molar-refractivity contribution >= 4 is 11.0 Å². The van der Waals surface area contributed by atoms with Crippen molar-refractivity contribution in [3.05, 3.63) is 33.7 Å². The third-order valence-corrected chi connectivity index (χ3v) is 3.37. The Labute approximate surface area is 107 Å². The van der Waals surface area contributed by atoms with Gasteiger partial charge in [-0.3, -0.25) is 4.79 Å². The number of aliphatic hydroxyl groups excluding tert-OH is 2. The number of aliphatic hydroxyl groups is 2. The van der Waals surface area contributed by atoms with Gasteiger partial charge in [0.05, 0.1) is 11.7 Å². The maximum absolute atomic E-state index is 12.3.